The van der Waals surface area contributed by atoms with Crippen LogP contribution in [0.2, 0.25) is 0 Å². The van der Waals surface area contributed by atoms with Crippen molar-refractivity contribution in [3.8, 4) is 0 Å². The van der Waals surface area contributed by atoms with Gasteiger partial charge in [0.15, 0.2) is 0 Å². The number of para-hydroxylation sites is 1. The Bertz CT molecular complexity index is 658. The van der Waals surface area contributed by atoms with Crippen molar-refractivity contribution in [2.45, 2.75) is 13.0 Å². The summed E-state index contributed by atoms with van der Waals surface area (Å²) >= 11 is 0. The summed E-state index contributed by atoms with van der Waals surface area (Å²) in [7, 11) is 2.14. The van der Waals surface area contributed by atoms with Gasteiger partial charge in [-0.15, -0.1) is 0 Å². The summed E-state index contributed by atoms with van der Waals surface area (Å²) in [5.41, 5.74) is 0.721. The minimum Gasteiger partial charge on any atom is -0.309 e. The highest BCUT2D eigenvalue weighted by atomic mass is 16.1. The Labute approximate surface area is 118 Å². The number of benzene rings is 1. The predicted molar refractivity (Wildman–Crippen MR) is 79.8 cm³/mol. The highest BCUT2D eigenvalue weighted by Gasteiger charge is 2.22. The molecule has 0 aliphatic carbocycles. The Hall–Kier alpha value is -1.72. The molecule has 1 saturated heterocycles. The Kier molecular flexibility index (Phi) is 3.54. The number of hydrogen-bond donors (Lipinski definition) is 1. The molecule has 1 N–H and O–H groups in total. The van der Waals surface area contributed by atoms with Crippen LogP contribution in [0.5, 0.6) is 0 Å². The fourth-order valence-corrected chi connectivity index (χ4v) is 2.68. The number of nitrogens with one attached hydrogen (secondary N) is 1. The second kappa shape index (κ2) is 5.34. The van der Waals surface area contributed by atoms with E-state index in [1.165, 1.54) is 0 Å². The second-order valence-corrected chi connectivity index (χ2v) is 5.48. The van der Waals surface area contributed by atoms with Gasteiger partial charge in [0.2, 0.25) is 0 Å². The molecule has 3 rings (SSSR count). The van der Waals surface area contributed by atoms with Gasteiger partial charge in [0, 0.05) is 26.2 Å². The molecule has 1 fully saturated rings. The zero-order chi connectivity index (χ0) is 14.1. The number of piperazine rings is 1. The van der Waals surface area contributed by atoms with Crippen LogP contribution in [0, 0.1) is 0 Å². The molecular weight excluding hydrogens is 252 g/mol. The lowest BCUT2D eigenvalue weighted by atomic mass is 10.2. The van der Waals surface area contributed by atoms with Crippen molar-refractivity contribution in [1.82, 2.24) is 19.8 Å². The average molecular weight is 272 g/mol. The van der Waals surface area contributed by atoms with Gasteiger partial charge in [-0.2, -0.15) is 0 Å². The van der Waals surface area contributed by atoms with Crippen molar-refractivity contribution in [2.75, 3.05) is 33.2 Å². The molecule has 2 aromatic rings. The van der Waals surface area contributed by atoms with Crippen LogP contribution in [0.4, 0.5) is 0 Å². The molecule has 20 heavy (non-hydrogen) atoms. The molecular formula is C15H20N4O. The highest BCUT2D eigenvalue weighted by molar-refractivity contribution is 5.77. The van der Waals surface area contributed by atoms with Crippen LogP contribution in [0.25, 0.3) is 10.9 Å². The molecule has 2 heterocycles. The van der Waals surface area contributed by atoms with Crippen molar-refractivity contribution >= 4 is 10.9 Å². The van der Waals surface area contributed by atoms with Crippen LogP contribution >= 0.6 is 0 Å². The molecule has 1 aliphatic rings. The number of likely N-dealkylation sites (N-methyl/N-ethyl adjacent to an activating group) is 1. The van der Waals surface area contributed by atoms with Gasteiger partial charge in [0.1, 0.15) is 5.82 Å². The average Bonchev–Trinajstić information content (AvgIpc) is 2.47. The smallest absolute Gasteiger partial charge is 0.258 e. The maximum absolute atomic E-state index is 12.1. The summed E-state index contributed by atoms with van der Waals surface area (Å²) < 4.78 is 0. The number of H-pyrrole nitrogens is 1. The molecule has 0 bridgehead atoms. The Morgan fingerprint density at radius 1 is 1.20 bits per heavy atom. The maximum atomic E-state index is 12.1. The van der Waals surface area contributed by atoms with Crippen molar-refractivity contribution in [3.63, 3.8) is 0 Å². The van der Waals surface area contributed by atoms with Gasteiger partial charge in [0.25, 0.3) is 5.56 Å². The van der Waals surface area contributed by atoms with E-state index in [2.05, 4.69) is 33.7 Å². The summed E-state index contributed by atoms with van der Waals surface area (Å²) in [4.78, 5) is 24.4. The van der Waals surface area contributed by atoms with Crippen molar-refractivity contribution in [2.24, 2.45) is 0 Å². The first-order valence-corrected chi connectivity index (χ1v) is 7.07. The predicted octanol–water partition coefficient (Wildman–Crippen LogP) is 1.23. The normalized spacial score (nSPS) is 19.3. The minimum absolute atomic E-state index is 0.0495. The Balaban J connectivity index is 1.92. The number of aromatic nitrogens is 2. The first-order chi connectivity index (χ1) is 9.65. The van der Waals surface area contributed by atoms with Crippen LogP contribution < -0.4 is 5.56 Å². The van der Waals surface area contributed by atoms with E-state index < -0.39 is 0 Å². The number of hydrogen-bond acceptors (Lipinski definition) is 4. The minimum atomic E-state index is -0.0495. The Morgan fingerprint density at radius 2 is 1.90 bits per heavy atom. The lowest BCUT2D eigenvalue weighted by Crippen LogP contribution is -2.45. The number of fused-ring (bicyclic) bond motifs is 1. The summed E-state index contributed by atoms with van der Waals surface area (Å²) in [6, 6.07) is 7.62. The first-order valence-electron chi connectivity index (χ1n) is 7.07. The monoisotopic (exact) mass is 272 g/mol. The molecule has 5 nitrogen and oxygen atoms in total. The van der Waals surface area contributed by atoms with E-state index in [0.29, 0.717) is 5.39 Å². The van der Waals surface area contributed by atoms with E-state index in [4.69, 9.17) is 0 Å². The molecule has 1 aromatic heterocycles. The van der Waals surface area contributed by atoms with Crippen LogP contribution in [0.15, 0.2) is 29.1 Å². The van der Waals surface area contributed by atoms with Gasteiger partial charge in [0.05, 0.1) is 16.9 Å². The molecule has 5 heteroatoms. The van der Waals surface area contributed by atoms with E-state index in [0.717, 1.165) is 37.5 Å². The standard InChI is InChI=1S/C15H20N4O/c1-11(19-9-7-18(2)8-10-19)14-16-13-6-4-3-5-12(13)15(20)17-14/h3-6,11H,7-10H2,1-2H3,(H,16,17,20)/t11-/m0/s1. The maximum Gasteiger partial charge on any atom is 0.258 e. The fourth-order valence-electron chi connectivity index (χ4n) is 2.68. The van der Waals surface area contributed by atoms with E-state index in [1.807, 2.05) is 24.3 Å². The largest absolute Gasteiger partial charge is 0.309 e. The molecule has 1 atom stereocenters. The third-order valence-corrected chi connectivity index (χ3v) is 4.11. The summed E-state index contributed by atoms with van der Waals surface area (Å²) in [5.74, 6) is 0.762. The van der Waals surface area contributed by atoms with Gasteiger partial charge in [-0.05, 0) is 26.1 Å². The number of nitrogens with zero attached hydrogens (tertiary/aromatic N) is 3. The zero-order valence-electron chi connectivity index (χ0n) is 12.0. The summed E-state index contributed by atoms with van der Waals surface area (Å²) in [5, 5.41) is 0.654. The van der Waals surface area contributed by atoms with Crippen LogP contribution in [-0.4, -0.2) is 53.0 Å². The van der Waals surface area contributed by atoms with Crippen LogP contribution in [-0.2, 0) is 0 Å². The molecule has 1 aliphatic heterocycles. The van der Waals surface area contributed by atoms with Crippen molar-refractivity contribution in [3.05, 3.63) is 40.4 Å². The van der Waals surface area contributed by atoms with Gasteiger partial charge >= 0.3 is 0 Å². The van der Waals surface area contributed by atoms with Crippen LogP contribution in [0.3, 0.4) is 0 Å². The van der Waals surface area contributed by atoms with Gasteiger partial charge in [-0.25, -0.2) is 4.98 Å². The molecule has 106 valence electrons. The van der Waals surface area contributed by atoms with Crippen molar-refractivity contribution in [1.29, 1.82) is 0 Å². The summed E-state index contributed by atoms with van der Waals surface area (Å²) in [6.45, 7) is 6.24. The van der Waals surface area contributed by atoms with E-state index >= 15 is 0 Å². The number of rotatable bonds is 2. The topological polar surface area (TPSA) is 52.2 Å². The molecule has 0 amide bonds. The summed E-state index contributed by atoms with van der Waals surface area (Å²) in [6.07, 6.45) is 0. The van der Waals surface area contributed by atoms with Gasteiger partial charge in [-0.3, -0.25) is 9.69 Å². The Morgan fingerprint density at radius 3 is 2.65 bits per heavy atom. The molecule has 0 radical (unpaired) electrons. The molecule has 0 spiro atoms. The van der Waals surface area contributed by atoms with Gasteiger partial charge < -0.3 is 9.88 Å². The van der Waals surface area contributed by atoms with E-state index in [9.17, 15) is 4.79 Å². The number of aromatic amines is 1. The molecule has 0 saturated carbocycles. The highest BCUT2D eigenvalue weighted by Crippen LogP contribution is 2.18. The molecule has 0 unspecified atom stereocenters. The first kappa shape index (κ1) is 13.3. The van der Waals surface area contributed by atoms with E-state index in [1.54, 1.807) is 0 Å². The van der Waals surface area contributed by atoms with Crippen molar-refractivity contribution < 1.29 is 0 Å². The SMILES string of the molecule is C[C@@H](c1nc2ccccc2c(=O)[nH]1)N1CCN(C)CC1. The lowest BCUT2D eigenvalue weighted by Gasteiger charge is -2.35. The third kappa shape index (κ3) is 2.46. The third-order valence-electron chi connectivity index (χ3n) is 4.11. The van der Waals surface area contributed by atoms with Crippen LogP contribution in [0.1, 0.15) is 18.8 Å². The quantitative estimate of drug-likeness (QED) is 0.893. The van der Waals surface area contributed by atoms with Gasteiger partial charge in [-0.1, -0.05) is 12.1 Å². The molecule has 1 aromatic carbocycles. The van der Waals surface area contributed by atoms with E-state index in [-0.39, 0.29) is 11.6 Å². The zero-order valence-corrected chi connectivity index (χ0v) is 12.0. The second-order valence-electron chi connectivity index (χ2n) is 5.48. The lowest BCUT2D eigenvalue weighted by molar-refractivity contribution is 0.115. The fraction of sp³-hybridized carbons (Fsp3) is 0.467.